The van der Waals surface area contributed by atoms with Crippen LogP contribution in [0.2, 0.25) is 0 Å². The highest BCUT2D eigenvalue weighted by Gasteiger charge is 2.50. The topological polar surface area (TPSA) is 138 Å². The zero-order valence-corrected chi connectivity index (χ0v) is 17.1. The molecular weight excluding hydrogens is 390 g/mol. The van der Waals surface area contributed by atoms with Crippen molar-refractivity contribution in [1.82, 2.24) is 14.8 Å². The molecule has 1 fully saturated rings. The van der Waals surface area contributed by atoms with Gasteiger partial charge >= 0.3 is 0 Å². The molecule has 31 heavy (non-hydrogen) atoms. The number of nitrogens with zero attached hydrogens (tertiary/aromatic N) is 3. The zero-order chi connectivity index (χ0) is 22.0. The van der Waals surface area contributed by atoms with Crippen molar-refractivity contribution in [2.45, 2.75) is 18.3 Å². The first-order valence-corrected chi connectivity index (χ1v) is 9.80. The van der Waals surface area contributed by atoms with Crippen LogP contribution < -0.4 is 16.1 Å². The van der Waals surface area contributed by atoms with Gasteiger partial charge in [0.1, 0.15) is 11.6 Å². The van der Waals surface area contributed by atoms with E-state index in [1.807, 2.05) is 48.5 Å². The molecule has 0 saturated heterocycles. The first-order valence-electron chi connectivity index (χ1n) is 9.80. The van der Waals surface area contributed by atoms with E-state index in [1.165, 1.54) is 17.1 Å². The number of aromatic nitrogens is 3. The molecule has 8 heteroatoms. The van der Waals surface area contributed by atoms with Crippen molar-refractivity contribution in [3.05, 3.63) is 77.7 Å². The van der Waals surface area contributed by atoms with E-state index in [2.05, 4.69) is 10.1 Å². The molecule has 0 radical (unpaired) electrons. The molecular formula is C23H23N7O. The van der Waals surface area contributed by atoms with E-state index in [-0.39, 0.29) is 11.5 Å². The first-order chi connectivity index (χ1) is 15.0. The largest absolute Gasteiger partial charge is 0.497 e. The maximum absolute atomic E-state index is 8.75. The molecule has 0 bridgehead atoms. The lowest BCUT2D eigenvalue weighted by atomic mass is 9.94. The number of hydrogen-bond acceptors (Lipinski definition) is 7. The van der Waals surface area contributed by atoms with Gasteiger partial charge in [0, 0.05) is 23.6 Å². The number of benzene rings is 2. The van der Waals surface area contributed by atoms with Gasteiger partial charge in [0.2, 0.25) is 5.62 Å². The normalized spacial score (nSPS) is 14.7. The molecule has 3 aromatic rings. The van der Waals surface area contributed by atoms with Crippen LogP contribution in [-0.4, -0.2) is 33.9 Å². The van der Waals surface area contributed by atoms with Gasteiger partial charge in [0.25, 0.3) is 0 Å². The molecule has 0 atom stereocenters. The molecule has 4 rings (SSSR count). The zero-order valence-electron chi connectivity index (χ0n) is 17.1. The lowest BCUT2D eigenvalue weighted by molar-refractivity contribution is 0.414. The lowest BCUT2D eigenvalue weighted by Crippen LogP contribution is -2.38. The van der Waals surface area contributed by atoms with Gasteiger partial charge in [-0.15, -0.1) is 0 Å². The van der Waals surface area contributed by atoms with E-state index in [0.717, 1.165) is 35.3 Å². The predicted octanol–water partition coefficient (Wildman–Crippen LogP) is 2.94. The van der Waals surface area contributed by atoms with Gasteiger partial charge in [-0.3, -0.25) is 10.8 Å². The van der Waals surface area contributed by atoms with Crippen LogP contribution in [0.5, 0.6) is 5.75 Å². The third-order valence-corrected chi connectivity index (χ3v) is 5.61. The average Bonchev–Trinajstić information content (AvgIpc) is 3.62. The molecule has 1 heterocycles. The van der Waals surface area contributed by atoms with Crippen LogP contribution in [-0.2, 0) is 5.41 Å². The third kappa shape index (κ3) is 3.63. The summed E-state index contributed by atoms with van der Waals surface area (Å²) in [7, 11) is 1.62. The second-order valence-corrected chi connectivity index (χ2v) is 7.38. The number of rotatable bonds is 6. The molecule has 5 N–H and O–H groups in total. The lowest BCUT2D eigenvalue weighted by Gasteiger charge is -2.18. The molecule has 0 unspecified atom stereocenters. The molecule has 1 aromatic heterocycles. The van der Waals surface area contributed by atoms with Gasteiger partial charge in [0.05, 0.1) is 24.4 Å². The number of nitrogens with one attached hydrogen (secondary N) is 3. The van der Waals surface area contributed by atoms with Crippen molar-refractivity contribution in [2.75, 3.05) is 7.11 Å². The summed E-state index contributed by atoms with van der Waals surface area (Å²) in [6, 6.07) is 15.1. The Morgan fingerprint density at radius 3 is 2.52 bits per heavy atom. The van der Waals surface area contributed by atoms with Crippen LogP contribution in [0.4, 0.5) is 0 Å². The average molecular weight is 413 g/mol. The summed E-state index contributed by atoms with van der Waals surface area (Å²) >= 11 is 0. The highest BCUT2D eigenvalue weighted by Crippen LogP contribution is 2.49. The molecule has 0 spiro atoms. The number of nitrogens with two attached hydrogens (primary N) is 1. The van der Waals surface area contributed by atoms with Gasteiger partial charge in [0.15, 0.2) is 0 Å². The monoisotopic (exact) mass is 413 g/mol. The molecule has 1 aliphatic carbocycles. The van der Waals surface area contributed by atoms with Crippen LogP contribution in [0, 0.1) is 16.2 Å². The summed E-state index contributed by atoms with van der Waals surface area (Å²) < 4.78 is 6.51. The summed E-state index contributed by atoms with van der Waals surface area (Å²) in [5, 5.41) is 29.0. The van der Waals surface area contributed by atoms with Crippen LogP contribution in [0.3, 0.4) is 0 Å². The molecule has 1 aliphatic rings. The minimum atomic E-state index is -0.451. The van der Waals surface area contributed by atoms with E-state index >= 15 is 0 Å². The van der Waals surface area contributed by atoms with Crippen molar-refractivity contribution < 1.29 is 4.74 Å². The Morgan fingerprint density at radius 1 is 1.19 bits per heavy atom. The van der Waals surface area contributed by atoms with E-state index < -0.39 is 5.41 Å². The Labute approximate surface area is 179 Å². The van der Waals surface area contributed by atoms with Gasteiger partial charge in [-0.25, -0.2) is 4.98 Å². The van der Waals surface area contributed by atoms with Gasteiger partial charge < -0.3 is 15.9 Å². The number of ether oxygens (including phenoxy) is 1. The van der Waals surface area contributed by atoms with Crippen LogP contribution in [0.1, 0.15) is 24.0 Å². The van der Waals surface area contributed by atoms with Gasteiger partial charge in [-0.2, -0.15) is 9.78 Å². The molecule has 0 amide bonds. The predicted molar refractivity (Wildman–Crippen MR) is 119 cm³/mol. The number of methoxy groups -OCH3 is 1. The molecule has 2 aromatic carbocycles. The van der Waals surface area contributed by atoms with Crippen LogP contribution in [0.25, 0.3) is 16.8 Å². The van der Waals surface area contributed by atoms with Crippen LogP contribution in [0.15, 0.2) is 60.9 Å². The van der Waals surface area contributed by atoms with Crippen molar-refractivity contribution in [3.63, 3.8) is 0 Å². The number of hydrogen-bond donors (Lipinski definition) is 4. The van der Waals surface area contributed by atoms with E-state index in [9.17, 15) is 0 Å². The van der Waals surface area contributed by atoms with Crippen molar-refractivity contribution in [3.8, 4) is 17.0 Å². The summed E-state index contributed by atoms with van der Waals surface area (Å²) in [5.41, 5.74) is 8.69. The molecule has 156 valence electrons. The number of allylic oxidation sites excluding steroid dienone is 1. The second-order valence-electron chi connectivity index (χ2n) is 7.38. The molecule has 1 saturated carbocycles. The second kappa shape index (κ2) is 7.98. The van der Waals surface area contributed by atoms with Crippen molar-refractivity contribution >= 4 is 17.6 Å². The molecule has 0 aliphatic heterocycles. The Hall–Kier alpha value is -4.07. The fraction of sp³-hybridized carbons (Fsp3) is 0.174. The highest BCUT2D eigenvalue weighted by molar-refractivity contribution is 6.08. The smallest absolute Gasteiger partial charge is 0.245 e. The maximum atomic E-state index is 8.75. The Morgan fingerprint density at radius 2 is 1.94 bits per heavy atom. The Balaban J connectivity index is 1.65. The maximum Gasteiger partial charge on any atom is 0.245 e. The van der Waals surface area contributed by atoms with Gasteiger partial charge in [-0.1, -0.05) is 30.3 Å². The van der Waals surface area contributed by atoms with E-state index in [1.54, 1.807) is 13.3 Å². The molecule has 8 nitrogen and oxygen atoms in total. The van der Waals surface area contributed by atoms with Crippen molar-refractivity contribution in [2.24, 2.45) is 5.73 Å². The third-order valence-electron chi connectivity index (χ3n) is 5.61. The van der Waals surface area contributed by atoms with Crippen molar-refractivity contribution in [1.29, 1.82) is 16.2 Å². The minimum Gasteiger partial charge on any atom is -0.497 e. The summed E-state index contributed by atoms with van der Waals surface area (Å²) in [6.07, 6.45) is 5.78. The minimum absolute atomic E-state index is 0.102. The summed E-state index contributed by atoms with van der Waals surface area (Å²) in [6.45, 7) is 0. The van der Waals surface area contributed by atoms with E-state index in [4.69, 9.17) is 26.7 Å². The highest BCUT2D eigenvalue weighted by atomic mass is 16.5. The Kier molecular flexibility index (Phi) is 5.21. The quantitative estimate of drug-likeness (QED) is 0.365. The van der Waals surface area contributed by atoms with E-state index in [0.29, 0.717) is 11.3 Å². The fourth-order valence-electron chi connectivity index (χ4n) is 3.65. The van der Waals surface area contributed by atoms with Crippen LogP contribution >= 0.6 is 0 Å². The Bertz CT molecular complexity index is 1240. The summed E-state index contributed by atoms with van der Waals surface area (Å²) in [5.74, 6) is 1.01. The SMILES string of the molecule is COc1ccc(C2(C(=N)n3ncc(-c4cccc(/C(C=N)=C/N)c4)nc3=N)CC2)cc1. The standard InChI is InChI=1S/C23H23N7O/c1-31-19-7-5-18(6-8-19)23(9-10-23)21(26)30-22(27)29-20(14-28-30)16-4-2-3-15(11-16)17(12-24)13-25/h2-8,11-14,24,26-27H,9-10,25H2,1H3/b17-13+,24-12?,26-21?,27-22?. The first kappa shape index (κ1) is 20.2. The van der Waals surface area contributed by atoms with Gasteiger partial charge in [-0.05, 0) is 42.2 Å². The summed E-state index contributed by atoms with van der Waals surface area (Å²) in [4.78, 5) is 4.38. The fourth-order valence-corrected chi connectivity index (χ4v) is 3.65.